The topological polar surface area (TPSA) is 28.7 Å². The van der Waals surface area contributed by atoms with Gasteiger partial charge in [-0.2, -0.15) is 5.10 Å². The highest BCUT2D eigenvalue weighted by Gasteiger charge is 2.06. The van der Waals surface area contributed by atoms with Crippen LogP contribution in [0, 0.1) is 12.7 Å². The van der Waals surface area contributed by atoms with E-state index in [1.165, 1.54) is 11.8 Å². The summed E-state index contributed by atoms with van der Waals surface area (Å²) in [5.74, 6) is -0.244. The van der Waals surface area contributed by atoms with Crippen molar-refractivity contribution in [2.24, 2.45) is 0 Å². The average Bonchev–Trinajstić information content (AvgIpc) is 2.78. The third kappa shape index (κ3) is 1.69. The van der Waals surface area contributed by atoms with Crippen LogP contribution in [0.1, 0.15) is 5.56 Å². The highest BCUT2D eigenvalue weighted by molar-refractivity contribution is 5.84. The third-order valence-corrected chi connectivity index (χ3v) is 2.89. The highest BCUT2D eigenvalue weighted by atomic mass is 19.1. The van der Waals surface area contributed by atoms with Crippen molar-refractivity contribution in [1.82, 2.24) is 10.2 Å². The van der Waals surface area contributed by atoms with Crippen molar-refractivity contribution in [3.63, 3.8) is 0 Å². The van der Waals surface area contributed by atoms with E-state index in [-0.39, 0.29) is 5.82 Å². The molecule has 0 saturated carbocycles. The smallest absolute Gasteiger partial charge is 0.134 e. The number of halogens is 1. The number of H-pyrrole nitrogens is 1. The molecular formula is C14H11FN2. The summed E-state index contributed by atoms with van der Waals surface area (Å²) in [7, 11) is 0. The molecule has 0 aliphatic rings. The van der Waals surface area contributed by atoms with Crippen LogP contribution in [0.4, 0.5) is 4.39 Å². The number of aromatic nitrogens is 2. The molecule has 1 N–H and O–H groups in total. The van der Waals surface area contributed by atoms with Crippen LogP contribution in [0.15, 0.2) is 42.6 Å². The van der Waals surface area contributed by atoms with Crippen molar-refractivity contribution in [3.8, 4) is 11.1 Å². The normalized spacial score (nSPS) is 10.9. The van der Waals surface area contributed by atoms with Gasteiger partial charge in [-0.1, -0.05) is 29.8 Å². The predicted octanol–water partition coefficient (Wildman–Crippen LogP) is 3.68. The van der Waals surface area contributed by atoms with E-state index in [1.54, 1.807) is 6.07 Å². The number of nitrogens with zero attached hydrogens (tertiary/aromatic N) is 1. The molecule has 0 amide bonds. The van der Waals surface area contributed by atoms with Crippen LogP contribution in [0.2, 0.25) is 0 Å². The van der Waals surface area contributed by atoms with Crippen LogP contribution < -0.4 is 0 Å². The predicted molar refractivity (Wildman–Crippen MR) is 66.2 cm³/mol. The molecule has 2 nitrogen and oxygen atoms in total. The molecule has 0 aliphatic heterocycles. The molecular weight excluding hydrogens is 215 g/mol. The number of hydrogen-bond donors (Lipinski definition) is 1. The van der Waals surface area contributed by atoms with Gasteiger partial charge in [0.25, 0.3) is 0 Å². The Morgan fingerprint density at radius 3 is 2.59 bits per heavy atom. The Bertz CT molecular complexity index is 668. The zero-order chi connectivity index (χ0) is 11.8. The molecule has 0 saturated heterocycles. The number of aromatic amines is 1. The lowest BCUT2D eigenvalue weighted by Crippen LogP contribution is -1.83. The summed E-state index contributed by atoms with van der Waals surface area (Å²) in [5.41, 5.74) is 3.78. The number of benzene rings is 2. The van der Waals surface area contributed by atoms with E-state index < -0.39 is 0 Å². The van der Waals surface area contributed by atoms with Gasteiger partial charge in [-0.3, -0.25) is 5.10 Å². The summed E-state index contributed by atoms with van der Waals surface area (Å²) in [4.78, 5) is 0. The maximum atomic E-state index is 13.8. The highest BCUT2D eigenvalue weighted by Crippen LogP contribution is 2.25. The summed E-state index contributed by atoms with van der Waals surface area (Å²) in [6.07, 6.45) is 1.50. The van der Waals surface area contributed by atoms with Gasteiger partial charge >= 0.3 is 0 Å². The number of rotatable bonds is 1. The van der Waals surface area contributed by atoms with Gasteiger partial charge in [0.1, 0.15) is 5.82 Å². The summed E-state index contributed by atoms with van der Waals surface area (Å²) in [5, 5.41) is 7.17. The van der Waals surface area contributed by atoms with Gasteiger partial charge in [0.2, 0.25) is 0 Å². The van der Waals surface area contributed by atoms with Crippen molar-refractivity contribution in [2.75, 3.05) is 0 Å². The third-order valence-electron chi connectivity index (χ3n) is 2.89. The van der Waals surface area contributed by atoms with Gasteiger partial charge < -0.3 is 0 Å². The van der Waals surface area contributed by atoms with Gasteiger partial charge in [0.15, 0.2) is 0 Å². The number of hydrogen-bond acceptors (Lipinski definition) is 1. The summed E-state index contributed by atoms with van der Waals surface area (Å²) >= 11 is 0. The molecule has 1 heterocycles. The van der Waals surface area contributed by atoms with E-state index in [4.69, 9.17) is 0 Å². The summed E-state index contributed by atoms with van der Waals surface area (Å²) < 4.78 is 13.8. The van der Waals surface area contributed by atoms with Gasteiger partial charge in [0.05, 0.1) is 17.1 Å². The fourth-order valence-corrected chi connectivity index (χ4v) is 1.92. The van der Waals surface area contributed by atoms with E-state index in [1.807, 2.05) is 37.3 Å². The van der Waals surface area contributed by atoms with Gasteiger partial charge in [0, 0.05) is 0 Å². The van der Waals surface area contributed by atoms with Gasteiger partial charge in [-0.25, -0.2) is 4.39 Å². The quantitative estimate of drug-likeness (QED) is 0.673. The molecule has 0 aliphatic carbocycles. The van der Waals surface area contributed by atoms with E-state index in [2.05, 4.69) is 10.2 Å². The molecule has 0 atom stereocenters. The van der Waals surface area contributed by atoms with E-state index in [0.29, 0.717) is 5.39 Å². The number of fused-ring (bicyclic) bond motifs is 1. The molecule has 0 fully saturated rings. The molecule has 0 radical (unpaired) electrons. The van der Waals surface area contributed by atoms with Crippen molar-refractivity contribution in [2.45, 2.75) is 6.92 Å². The Morgan fingerprint density at radius 2 is 1.82 bits per heavy atom. The second-order valence-electron chi connectivity index (χ2n) is 4.16. The van der Waals surface area contributed by atoms with Crippen LogP contribution >= 0.6 is 0 Å². The minimum absolute atomic E-state index is 0.244. The lowest BCUT2D eigenvalue weighted by molar-refractivity contribution is 0.640. The van der Waals surface area contributed by atoms with Crippen LogP contribution in [0.3, 0.4) is 0 Å². The minimum atomic E-state index is -0.244. The standard InChI is InChI=1S/C14H11FN2/c1-9-2-4-10(5-3-9)11-6-13(15)12-8-16-17-14(12)7-11/h2-8H,1H3,(H,16,17). The van der Waals surface area contributed by atoms with E-state index >= 15 is 0 Å². The zero-order valence-electron chi connectivity index (χ0n) is 9.37. The zero-order valence-corrected chi connectivity index (χ0v) is 9.37. The van der Waals surface area contributed by atoms with Crippen LogP contribution in [0.5, 0.6) is 0 Å². The molecule has 17 heavy (non-hydrogen) atoms. The molecule has 84 valence electrons. The second kappa shape index (κ2) is 3.70. The number of aryl methyl sites for hydroxylation is 1. The maximum absolute atomic E-state index is 13.8. The molecule has 3 heteroatoms. The molecule has 3 rings (SSSR count). The molecule has 0 unspecified atom stereocenters. The molecule has 0 bridgehead atoms. The van der Waals surface area contributed by atoms with E-state index in [0.717, 1.165) is 16.6 Å². The Kier molecular flexibility index (Phi) is 2.18. The lowest BCUT2D eigenvalue weighted by atomic mass is 10.0. The monoisotopic (exact) mass is 226 g/mol. The molecule has 0 spiro atoms. The van der Waals surface area contributed by atoms with Crippen LogP contribution in [-0.4, -0.2) is 10.2 Å². The maximum Gasteiger partial charge on any atom is 0.134 e. The largest absolute Gasteiger partial charge is 0.278 e. The molecule has 2 aromatic carbocycles. The average molecular weight is 226 g/mol. The van der Waals surface area contributed by atoms with Crippen molar-refractivity contribution < 1.29 is 4.39 Å². The first-order valence-electron chi connectivity index (χ1n) is 5.44. The first-order chi connectivity index (χ1) is 8.24. The Balaban J connectivity index is 2.20. The van der Waals surface area contributed by atoms with Gasteiger partial charge in [-0.05, 0) is 30.2 Å². The lowest BCUT2D eigenvalue weighted by Gasteiger charge is -2.03. The fraction of sp³-hybridized carbons (Fsp3) is 0.0714. The van der Waals surface area contributed by atoms with E-state index in [9.17, 15) is 4.39 Å². The second-order valence-corrected chi connectivity index (χ2v) is 4.16. The first kappa shape index (κ1) is 10.0. The minimum Gasteiger partial charge on any atom is -0.278 e. The van der Waals surface area contributed by atoms with Crippen molar-refractivity contribution in [1.29, 1.82) is 0 Å². The SMILES string of the molecule is Cc1ccc(-c2cc(F)c3cn[nH]c3c2)cc1. The summed E-state index contributed by atoms with van der Waals surface area (Å²) in [6, 6.07) is 11.5. The number of nitrogens with one attached hydrogen (secondary N) is 1. The van der Waals surface area contributed by atoms with Crippen LogP contribution in [-0.2, 0) is 0 Å². The Hall–Kier alpha value is -2.16. The summed E-state index contributed by atoms with van der Waals surface area (Å²) in [6.45, 7) is 2.03. The van der Waals surface area contributed by atoms with Crippen molar-refractivity contribution >= 4 is 10.9 Å². The molecule has 1 aromatic heterocycles. The van der Waals surface area contributed by atoms with Gasteiger partial charge in [-0.15, -0.1) is 0 Å². The Labute approximate surface area is 98.1 Å². The fourth-order valence-electron chi connectivity index (χ4n) is 1.92. The Morgan fingerprint density at radius 1 is 1.06 bits per heavy atom. The van der Waals surface area contributed by atoms with Crippen LogP contribution in [0.25, 0.3) is 22.0 Å². The molecule has 3 aromatic rings. The van der Waals surface area contributed by atoms with Crippen molar-refractivity contribution in [3.05, 3.63) is 54.0 Å². The first-order valence-corrected chi connectivity index (χ1v) is 5.44.